The molecule has 0 aliphatic rings. The molecule has 0 fully saturated rings. The van der Waals surface area contributed by atoms with Gasteiger partial charge in [0.05, 0.1) is 12.5 Å². The Labute approximate surface area is 125 Å². The van der Waals surface area contributed by atoms with E-state index in [1.807, 2.05) is 0 Å². The first kappa shape index (κ1) is 13.9. The lowest BCUT2D eigenvalue weighted by molar-refractivity contribution is 0.414. The minimum Gasteiger partial charge on any atom is -0.502 e. The van der Waals surface area contributed by atoms with E-state index < -0.39 is 16.6 Å². The maximum Gasteiger partial charge on any atom is 0.235 e. The van der Waals surface area contributed by atoms with E-state index in [1.54, 1.807) is 30.3 Å². The fourth-order valence-corrected chi connectivity index (χ4v) is 2.18. The average molecular weight is 296 g/mol. The van der Waals surface area contributed by atoms with E-state index in [9.17, 15) is 14.7 Å². The molecule has 3 rings (SSSR count). The molecule has 0 atom stereocenters. The van der Waals surface area contributed by atoms with Crippen LogP contribution in [-0.2, 0) is 0 Å². The van der Waals surface area contributed by atoms with Gasteiger partial charge in [0.15, 0.2) is 11.3 Å². The number of methoxy groups -OCH3 is 1. The molecule has 1 N–H and O–H groups in total. The van der Waals surface area contributed by atoms with Crippen LogP contribution in [0.25, 0.3) is 22.3 Å². The molecule has 1 aromatic heterocycles. The molecular formula is C17H12O5. The highest BCUT2D eigenvalue weighted by Crippen LogP contribution is 2.29. The number of aromatic hydroxyl groups is 1. The van der Waals surface area contributed by atoms with Gasteiger partial charge < -0.3 is 14.3 Å². The third-order valence-corrected chi connectivity index (χ3v) is 3.32. The lowest BCUT2D eigenvalue weighted by atomic mass is 10.1. The van der Waals surface area contributed by atoms with Gasteiger partial charge in [-0.05, 0) is 36.4 Å². The van der Waals surface area contributed by atoms with Gasteiger partial charge in [0.25, 0.3) is 0 Å². The van der Waals surface area contributed by atoms with Crippen molar-refractivity contribution in [3.8, 4) is 22.8 Å². The Hall–Kier alpha value is -3.08. The summed E-state index contributed by atoms with van der Waals surface area (Å²) < 4.78 is 10.6. The van der Waals surface area contributed by atoms with Gasteiger partial charge in [-0.2, -0.15) is 0 Å². The highest BCUT2D eigenvalue weighted by molar-refractivity contribution is 5.81. The van der Waals surface area contributed by atoms with E-state index >= 15 is 0 Å². The molecule has 0 spiro atoms. The first-order valence-electron chi connectivity index (χ1n) is 6.55. The number of fused-ring (bicyclic) bond motifs is 1. The highest BCUT2D eigenvalue weighted by Gasteiger charge is 2.16. The molecule has 0 unspecified atom stereocenters. The van der Waals surface area contributed by atoms with E-state index in [0.717, 1.165) is 0 Å². The Balaban J connectivity index is 2.35. The molecule has 0 bridgehead atoms. The van der Waals surface area contributed by atoms with E-state index in [1.165, 1.54) is 25.3 Å². The molecule has 0 aliphatic carbocycles. The van der Waals surface area contributed by atoms with Crippen LogP contribution in [0.15, 0.2) is 62.5 Å². The van der Waals surface area contributed by atoms with Crippen molar-refractivity contribution >= 4 is 11.0 Å². The van der Waals surface area contributed by atoms with Crippen LogP contribution in [0.2, 0.25) is 0 Å². The first-order chi connectivity index (χ1) is 10.6. The molecule has 0 saturated carbocycles. The highest BCUT2D eigenvalue weighted by atomic mass is 16.5. The van der Waals surface area contributed by atoms with E-state index in [0.29, 0.717) is 11.3 Å². The molecule has 0 saturated heterocycles. The average Bonchev–Trinajstić information content (AvgIpc) is 2.73. The molecular weight excluding hydrogens is 284 g/mol. The molecule has 0 aliphatic heterocycles. The quantitative estimate of drug-likeness (QED) is 0.786. The van der Waals surface area contributed by atoms with Gasteiger partial charge in [0, 0.05) is 5.56 Å². The number of ether oxygens (including phenoxy) is 1. The van der Waals surface area contributed by atoms with Gasteiger partial charge in [-0.3, -0.25) is 9.59 Å². The van der Waals surface area contributed by atoms with Crippen LogP contribution >= 0.6 is 0 Å². The Morgan fingerprint density at radius 2 is 1.68 bits per heavy atom. The molecule has 22 heavy (non-hydrogen) atoms. The predicted molar refractivity (Wildman–Crippen MR) is 82.4 cm³/mol. The Bertz CT molecular complexity index is 955. The summed E-state index contributed by atoms with van der Waals surface area (Å²) in [6.45, 7) is 0. The summed E-state index contributed by atoms with van der Waals surface area (Å²) in [6, 6.07) is 12.4. The van der Waals surface area contributed by atoms with Gasteiger partial charge in [0.2, 0.25) is 16.6 Å². The second-order valence-electron chi connectivity index (χ2n) is 4.66. The largest absolute Gasteiger partial charge is 0.502 e. The van der Waals surface area contributed by atoms with Crippen LogP contribution in [0.3, 0.4) is 0 Å². The fourth-order valence-electron chi connectivity index (χ4n) is 2.18. The van der Waals surface area contributed by atoms with Crippen LogP contribution in [0, 0.1) is 0 Å². The zero-order chi connectivity index (χ0) is 15.7. The second-order valence-corrected chi connectivity index (χ2v) is 4.66. The summed E-state index contributed by atoms with van der Waals surface area (Å²) in [5.41, 5.74) is -0.672. The first-order valence-corrected chi connectivity index (χ1v) is 6.55. The molecule has 2 aromatic carbocycles. The van der Waals surface area contributed by atoms with Gasteiger partial charge in [-0.25, -0.2) is 0 Å². The zero-order valence-corrected chi connectivity index (χ0v) is 11.7. The number of rotatable bonds is 2. The Morgan fingerprint density at radius 3 is 2.36 bits per heavy atom. The summed E-state index contributed by atoms with van der Waals surface area (Å²) in [7, 11) is 1.53. The number of hydrogen-bond acceptors (Lipinski definition) is 5. The van der Waals surface area contributed by atoms with Crippen LogP contribution in [0.5, 0.6) is 11.5 Å². The van der Waals surface area contributed by atoms with Crippen molar-refractivity contribution in [2.24, 2.45) is 0 Å². The van der Waals surface area contributed by atoms with Crippen molar-refractivity contribution in [1.29, 1.82) is 0 Å². The Kier molecular flexibility index (Phi) is 3.39. The van der Waals surface area contributed by atoms with Crippen molar-refractivity contribution in [2.45, 2.75) is 0 Å². The van der Waals surface area contributed by atoms with Crippen molar-refractivity contribution in [3.63, 3.8) is 0 Å². The molecule has 5 heteroatoms. The lowest BCUT2D eigenvalue weighted by Gasteiger charge is -2.05. The molecule has 1 heterocycles. The minimum atomic E-state index is -0.639. The molecule has 110 valence electrons. The fraction of sp³-hybridized carbons (Fsp3) is 0.0588. The molecule has 0 radical (unpaired) electrons. The smallest absolute Gasteiger partial charge is 0.235 e. The number of benzene rings is 1. The van der Waals surface area contributed by atoms with Crippen LogP contribution in [0.1, 0.15) is 0 Å². The van der Waals surface area contributed by atoms with E-state index in [4.69, 9.17) is 9.15 Å². The molecule has 3 aromatic rings. The van der Waals surface area contributed by atoms with Crippen molar-refractivity contribution in [2.75, 3.05) is 7.11 Å². The minimum absolute atomic E-state index is 0.0385. The standard InChI is InChI=1S/C17H12O5/c1-21-11-8-6-10(7-9-11)16-15(20)14(19)12-4-2-3-5-13(18)17(12)22-16/h2-9,20H,1H3. The maximum atomic E-state index is 12.3. The third-order valence-electron chi connectivity index (χ3n) is 3.32. The van der Waals surface area contributed by atoms with Crippen LogP contribution in [0.4, 0.5) is 0 Å². The van der Waals surface area contributed by atoms with Crippen LogP contribution in [-0.4, -0.2) is 12.2 Å². The van der Waals surface area contributed by atoms with Gasteiger partial charge in [-0.1, -0.05) is 12.1 Å². The number of hydrogen-bond donors (Lipinski definition) is 1. The van der Waals surface area contributed by atoms with Gasteiger partial charge >= 0.3 is 0 Å². The van der Waals surface area contributed by atoms with Crippen molar-refractivity contribution in [1.82, 2.24) is 0 Å². The summed E-state index contributed by atoms with van der Waals surface area (Å²) in [5.74, 6) is 0.0639. The summed E-state index contributed by atoms with van der Waals surface area (Å²) in [4.78, 5) is 24.3. The van der Waals surface area contributed by atoms with Gasteiger partial charge in [0.1, 0.15) is 5.75 Å². The molecule has 5 nitrogen and oxygen atoms in total. The summed E-state index contributed by atoms with van der Waals surface area (Å²) >= 11 is 0. The van der Waals surface area contributed by atoms with Crippen molar-refractivity contribution < 1.29 is 14.3 Å². The summed E-state index contributed by atoms with van der Waals surface area (Å²) in [5, 5.41) is 10.2. The lowest BCUT2D eigenvalue weighted by Crippen LogP contribution is -2.06. The SMILES string of the molecule is COc1ccc(-c2oc3c(=O)ccccc3c(=O)c2O)cc1. The zero-order valence-electron chi connectivity index (χ0n) is 11.7. The van der Waals surface area contributed by atoms with Crippen molar-refractivity contribution in [3.05, 3.63) is 69.0 Å². The van der Waals surface area contributed by atoms with E-state index in [2.05, 4.69) is 0 Å². The second kappa shape index (κ2) is 5.37. The van der Waals surface area contributed by atoms with Gasteiger partial charge in [-0.15, -0.1) is 0 Å². The monoisotopic (exact) mass is 296 g/mol. The van der Waals surface area contributed by atoms with Crippen LogP contribution < -0.4 is 15.6 Å². The third kappa shape index (κ3) is 2.22. The summed E-state index contributed by atoms with van der Waals surface area (Å²) in [6.07, 6.45) is 0. The molecule has 0 amide bonds. The maximum absolute atomic E-state index is 12.3. The van der Waals surface area contributed by atoms with E-state index in [-0.39, 0.29) is 16.7 Å². The predicted octanol–water partition coefficient (Wildman–Crippen LogP) is 2.53. The Morgan fingerprint density at radius 1 is 1.00 bits per heavy atom. The normalized spacial score (nSPS) is 10.6. The topological polar surface area (TPSA) is 76.7 Å².